The predicted octanol–water partition coefficient (Wildman–Crippen LogP) is 5.00. The molecule has 4 aromatic rings. The molecule has 0 bridgehead atoms. The van der Waals surface area contributed by atoms with Crippen LogP contribution in [0, 0.1) is 5.41 Å². The summed E-state index contributed by atoms with van der Waals surface area (Å²) in [6.45, 7) is 0.375. The number of hydrogen-bond acceptors (Lipinski definition) is 7. The highest BCUT2D eigenvalue weighted by molar-refractivity contribution is 5.96. The molecular weight excluding hydrogens is 524 g/mol. The Labute approximate surface area is 237 Å². The van der Waals surface area contributed by atoms with Crippen molar-refractivity contribution in [1.29, 1.82) is 5.41 Å². The normalized spacial score (nSPS) is 11.2. The van der Waals surface area contributed by atoms with Gasteiger partial charge in [0, 0.05) is 22.5 Å². The van der Waals surface area contributed by atoms with Gasteiger partial charge in [-0.05, 0) is 53.6 Å². The Morgan fingerprint density at radius 3 is 2.27 bits per heavy atom. The van der Waals surface area contributed by atoms with Gasteiger partial charge < -0.3 is 25.2 Å². The summed E-state index contributed by atoms with van der Waals surface area (Å²) in [5.41, 5.74) is 5.10. The minimum absolute atomic E-state index is 0.0289. The molecule has 1 atom stereocenters. The van der Waals surface area contributed by atoms with Gasteiger partial charge in [0.25, 0.3) is 0 Å². The van der Waals surface area contributed by atoms with Crippen molar-refractivity contribution in [1.82, 2.24) is 5.48 Å². The highest BCUT2D eigenvalue weighted by atomic mass is 16.5. The van der Waals surface area contributed by atoms with Gasteiger partial charge in [-0.1, -0.05) is 54.6 Å². The molecule has 0 saturated carbocycles. The van der Waals surface area contributed by atoms with Gasteiger partial charge in [-0.2, -0.15) is 0 Å². The molecule has 0 heterocycles. The smallest absolute Gasteiger partial charge is 0.330 e. The predicted molar refractivity (Wildman–Crippen MR) is 155 cm³/mol. The number of amides is 1. The second-order valence-electron chi connectivity index (χ2n) is 9.05. The number of hydroxylamine groups is 1. The van der Waals surface area contributed by atoms with E-state index in [2.05, 4.69) is 10.6 Å². The van der Waals surface area contributed by atoms with Gasteiger partial charge in [0.05, 0.1) is 13.5 Å². The highest BCUT2D eigenvalue weighted by Gasteiger charge is 2.23. The lowest BCUT2D eigenvalue weighted by Gasteiger charge is -2.20. The molecule has 0 radical (unpaired) electrons. The first kappa shape index (κ1) is 28.7. The van der Waals surface area contributed by atoms with Gasteiger partial charge in [-0.3, -0.25) is 20.9 Å². The molecule has 0 aliphatic rings. The minimum Gasteiger partial charge on any atom is -0.493 e. The fourth-order valence-corrected chi connectivity index (χ4v) is 4.16. The molecule has 0 aliphatic carbocycles. The van der Waals surface area contributed by atoms with E-state index in [9.17, 15) is 14.7 Å². The number of hydrogen-bond donors (Lipinski definition) is 6. The van der Waals surface area contributed by atoms with E-state index < -0.39 is 12.0 Å². The van der Waals surface area contributed by atoms with Crippen molar-refractivity contribution in [3.8, 4) is 11.5 Å². The fourth-order valence-electron chi connectivity index (χ4n) is 4.16. The van der Waals surface area contributed by atoms with E-state index in [0.29, 0.717) is 46.2 Å². The first-order valence-electron chi connectivity index (χ1n) is 12.7. The first-order valence-corrected chi connectivity index (χ1v) is 12.7. The van der Waals surface area contributed by atoms with Gasteiger partial charge >= 0.3 is 5.97 Å². The van der Waals surface area contributed by atoms with Crippen molar-refractivity contribution in [3.05, 3.63) is 119 Å². The number of anilines is 2. The summed E-state index contributed by atoms with van der Waals surface area (Å²) in [5, 5.41) is 32.3. The standard InChI is InChI=1S/C31H30N4O6/c1-40-27-17-21(11-16-26(27)41-19-20-7-3-2-4-8-20)18-28(36)34-25-10-6-5-9-24(25)29(31(37)38)33-23-14-12-22(13-15-23)30(32)35-39/h2-17,29,33,39H,18-19H2,1H3,(H2,32,35)(H,34,36)(H,37,38). The van der Waals surface area contributed by atoms with Crippen molar-refractivity contribution in [2.75, 3.05) is 17.7 Å². The van der Waals surface area contributed by atoms with Gasteiger partial charge in [0.1, 0.15) is 12.4 Å². The number of carbonyl (C=O) groups is 2. The average Bonchev–Trinajstić information content (AvgIpc) is 2.99. The van der Waals surface area contributed by atoms with Crippen LogP contribution in [0.2, 0.25) is 0 Å². The van der Waals surface area contributed by atoms with Crippen LogP contribution in [0.15, 0.2) is 97.1 Å². The second kappa shape index (κ2) is 13.6. The van der Waals surface area contributed by atoms with Crippen LogP contribution < -0.4 is 25.6 Å². The Kier molecular flexibility index (Phi) is 9.53. The zero-order chi connectivity index (χ0) is 29.2. The third-order valence-electron chi connectivity index (χ3n) is 6.22. The van der Waals surface area contributed by atoms with E-state index in [1.165, 1.54) is 7.11 Å². The maximum absolute atomic E-state index is 13.0. The first-order chi connectivity index (χ1) is 19.9. The van der Waals surface area contributed by atoms with E-state index in [-0.39, 0.29) is 18.2 Å². The maximum atomic E-state index is 13.0. The lowest BCUT2D eigenvalue weighted by Crippen LogP contribution is -2.24. The van der Waals surface area contributed by atoms with Crippen molar-refractivity contribution in [2.45, 2.75) is 19.1 Å². The molecule has 210 valence electrons. The molecule has 4 aromatic carbocycles. The van der Waals surface area contributed by atoms with Crippen LogP contribution >= 0.6 is 0 Å². The molecule has 6 N–H and O–H groups in total. The van der Waals surface area contributed by atoms with Crippen molar-refractivity contribution >= 4 is 29.1 Å². The number of para-hydroxylation sites is 1. The number of carboxylic acid groups (broad SMARTS) is 1. The second-order valence-corrected chi connectivity index (χ2v) is 9.05. The van der Waals surface area contributed by atoms with Gasteiger partial charge in [0.2, 0.25) is 5.91 Å². The Morgan fingerprint density at radius 1 is 0.878 bits per heavy atom. The van der Waals surface area contributed by atoms with Crippen molar-refractivity contribution in [2.24, 2.45) is 0 Å². The molecule has 4 rings (SSSR count). The number of ether oxygens (including phenoxy) is 2. The number of nitrogens with one attached hydrogen (secondary N) is 4. The van der Waals surface area contributed by atoms with E-state index in [1.807, 2.05) is 30.3 Å². The van der Waals surface area contributed by atoms with E-state index in [1.54, 1.807) is 72.2 Å². The third-order valence-corrected chi connectivity index (χ3v) is 6.22. The molecule has 0 aromatic heterocycles. The van der Waals surface area contributed by atoms with Crippen LogP contribution in [0.1, 0.15) is 28.3 Å². The van der Waals surface area contributed by atoms with Crippen LogP contribution in [0.4, 0.5) is 11.4 Å². The fraction of sp³-hybridized carbons (Fsp3) is 0.129. The molecule has 0 fully saturated rings. The van der Waals surface area contributed by atoms with E-state index in [0.717, 1.165) is 5.56 Å². The lowest BCUT2D eigenvalue weighted by molar-refractivity contribution is -0.138. The van der Waals surface area contributed by atoms with Crippen LogP contribution in [-0.4, -0.2) is 35.1 Å². The number of aliphatic carboxylic acids is 1. The molecule has 10 heteroatoms. The Morgan fingerprint density at radius 2 is 1.59 bits per heavy atom. The van der Waals surface area contributed by atoms with Gasteiger partial charge in [-0.15, -0.1) is 0 Å². The SMILES string of the molecule is COc1cc(CC(=O)Nc2ccccc2C(Nc2ccc(C(=N)NO)cc2)C(=O)O)ccc1OCc1ccccc1. The minimum atomic E-state index is -1.17. The number of benzene rings is 4. The molecule has 0 aliphatic heterocycles. The summed E-state index contributed by atoms with van der Waals surface area (Å²) < 4.78 is 11.4. The topological polar surface area (TPSA) is 153 Å². The quantitative estimate of drug-likeness (QED) is 0.0813. The van der Waals surface area contributed by atoms with Gasteiger partial charge in [0.15, 0.2) is 17.5 Å². The van der Waals surface area contributed by atoms with E-state index in [4.69, 9.17) is 20.1 Å². The summed E-state index contributed by atoms with van der Waals surface area (Å²) in [6, 6.07) is 26.8. The summed E-state index contributed by atoms with van der Waals surface area (Å²) in [5.74, 6) is -0.611. The number of carbonyl (C=O) groups excluding carboxylic acids is 1. The third kappa shape index (κ3) is 7.61. The number of carboxylic acids is 1. The van der Waals surface area contributed by atoms with Crippen LogP contribution in [0.5, 0.6) is 11.5 Å². The number of amidine groups is 1. The molecule has 0 spiro atoms. The van der Waals surface area contributed by atoms with Crippen LogP contribution in [0.25, 0.3) is 0 Å². The Bertz CT molecular complexity index is 1510. The van der Waals surface area contributed by atoms with Gasteiger partial charge in [-0.25, -0.2) is 4.79 Å². The molecule has 1 unspecified atom stereocenters. The molecule has 1 amide bonds. The number of methoxy groups -OCH3 is 1. The van der Waals surface area contributed by atoms with Crippen molar-refractivity contribution in [3.63, 3.8) is 0 Å². The number of rotatable bonds is 12. The van der Waals surface area contributed by atoms with Crippen LogP contribution in [0.3, 0.4) is 0 Å². The van der Waals surface area contributed by atoms with Crippen molar-refractivity contribution < 1.29 is 29.4 Å². The largest absolute Gasteiger partial charge is 0.493 e. The van der Waals surface area contributed by atoms with E-state index >= 15 is 0 Å². The molecule has 10 nitrogen and oxygen atoms in total. The van der Waals surface area contributed by atoms with Crippen LogP contribution in [-0.2, 0) is 22.6 Å². The highest BCUT2D eigenvalue weighted by Crippen LogP contribution is 2.30. The summed E-state index contributed by atoms with van der Waals surface area (Å²) in [7, 11) is 1.53. The molecule has 41 heavy (non-hydrogen) atoms. The molecule has 0 saturated heterocycles. The Balaban J connectivity index is 1.45. The zero-order valence-corrected chi connectivity index (χ0v) is 22.3. The lowest BCUT2D eigenvalue weighted by atomic mass is 10.0. The monoisotopic (exact) mass is 554 g/mol. The zero-order valence-electron chi connectivity index (χ0n) is 22.3. The summed E-state index contributed by atoms with van der Waals surface area (Å²) in [6.07, 6.45) is 0.0289. The average molecular weight is 555 g/mol. The summed E-state index contributed by atoms with van der Waals surface area (Å²) in [4.78, 5) is 25.2. The summed E-state index contributed by atoms with van der Waals surface area (Å²) >= 11 is 0. The molecular formula is C31H30N4O6. The maximum Gasteiger partial charge on any atom is 0.330 e. The Hall–Kier alpha value is -5.35.